The highest BCUT2D eigenvalue weighted by Gasteiger charge is 2.38. The maximum Gasteiger partial charge on any atom is 0.115 e. The Hall–Kier alpha value is -1.86. The van der Waals surface area contributed by atoms with Crippen molar-refractivity contribution in [1.29, 1.82) is 0 Å². The maximum absolute atomic E-state index is 11.0. The van der Waals surface area contributed by atoms with Crippen LogP contribution in [0.25, 0.3) is 0 Å². The number of phenols is 1. The molecule has 7 nitrogen and oxygen atoms in total. The predicted octanol–water partition coefficient (Wildman–Crippen LogP) is 2.49. The third-order valence-corrected chi connectivity index (χ3v) is 4.21. The van der Waals surface area contributed by atoms with Gasteiger partial charge in [0.25, 0.3) is 0 Å². The molecule has 1 fully saturated rings. The molecule has 0 aliphatic heterocycles. The Balaban J connectivity index is 0.000000593. The molecule has 0 bridgehead atoms. The number of hydrogen-bond acceptors (Lipinski definition) is 6. The summed E-state index contributed by atoms with van der Waals surface area (Å²) >= 11 is 0. The standard InChI is InChI=1S/C16H25NO2.NO3/c1-17(2)12-15(13-6-8-14(18)9-7-13)16(19)10-4-3-5-11-16;2-1(3)4/h6-9,15,18-19H,3-5,10-12H2,1-2H3;/q;-1. The van der Waals surface area contributed by atoms with Crippen molar-refractivity contribution in [3.8, 4) is 5.75 Å². The molecule has 1 saturated carbocycles. The van der Waals surface area contributed by atoms with E-state index in [-0.39, 0.29) is 11.7 Å². The number of rotatable bonds is 4. The lowest BCUT2D eigenvalue weighted by molar-refractivity contribution is -0.402. The molecule has 1 atom stereocenters. The molecule has 23 heavy (non-hydrogen) atoms. The fourth-order valence-corrected chi connectivity index (χ4v) is 3.17. The van der Waals surface area contributed by atoms with Gasteiger partial charge in [0.15, 0.2) is 0 Å². The van der Waals surface area contributed by atoms with Crippen molar-refractivity contribution in [2.75, 3.05) is 20.6 Å². The highest BCUT2D eigenvalue weighted by Crippen LogP contribution is 2.40. The molecule has 1 unspecified atom stereocenters. The van der Waals surface area contributed by atoms with Crippen LogP contribution in [-0.4, -0.2) is 46.4 Å². The molecule has 0 spiro atoms. The van der Waals surface area contributed by atoms with Gasteiger partial charge in [-0.3, -0.25) is 0 Å². The largest absolute Gasteiger partial charge is 0.508 e. The van der Waals surface area contributed by atoms with Gasteiger partial charge >= 0.3 is 0 Å². The van der Waals surface area contributed by atoms with E-state index in [4.69, 9.17) is 15.3 Å². The lowest BCUT2D eigenvalue weighted by Crippen LogP contribution is -2.42. The molecule has 1 aliphatic carbocycles. The predicted molar refractivity (Wildman–Crippen MR) is 87.8 cm³/mol. The van der Waals surface area contributed by atoms with Crippen LogP contribution in [0.15, 0.2) is 24.3 Å². The second kappa shape index (κ2) is 8.69. The van der Waals surface area contributed by atoms with Gasteiger partial charge in [0.1, 0.15) is 5.75 Å². The van der Waals surface area contributed by atoms with Crippen LogP contribution in [-0.2, 0) is 0 Å². The van der Waals surface area contributed by atoms with Crippen LogP contribution in [0.2, 0.25) is 0 Å². The lowest BCUT2D eigenvalue weighted by Gasteiger charge is -2.40. The summed E-state index contributed by atoms with van der Waals surface area (Å²) in [5.41, 5.74) is 0.523. The molecule has 1 aromatic rings. The molecule has 0 saturated heterocycles. The number of benzene rings is 1. The third kappa shape index (κ3) is 6.42. The lowest BCUT2D eigenvalue weighted by atomic mass is 9.72. The Labute approximate surface area is 136 Å². The van der Waals surface area contributed by atoms with E-state index in [9.17, 15) is 10.2 Å². The zero-order valence-electron chi connectivity index (χ0n) is 13.6. The normalized spacial score (nSPS) is 17.9. The van der Waals surface area contributed by atoms with E-state index in [0.29, 0.717) is 0 Å². The van der Waals surface area contributed by atoms with Gasteiger partial charge in [-0.1, -0.05) is 31.4 Å². The van der Waals surface area contributed by atoms with Gasteiger partial charge in [-0.15, -0.1) is 0 Å². The molecule has 130 valence electrons. The first kappa shape index (κ1) is 19.2. The number of hydrogen-bond donors (Lipinski definition) is 2. The van der Waals surface area contributed by atoms with Gasteiger partial charge < -0.3 is 30.4 Å². The highest BCUT2D eigenvalue weighted by atomic mass is 16.9. The molecule has 1 aliphatic rings. The fourth-order valence-electron chi connectivity index (χ4n) is 3.17. The molecule has 0 heterocycles. The summed E-state index contributed by atoms with van der Waals surface area (Å²) in [7, 11) is 4.08. The van der Waals surface area contributed by atoms with Crippen LogP contribution < -0.4 is 0 Å². The molecule has 0 radical (unpaired) electrons. The smallest absolute Gasteiger partial charge is 0.115 e. The van der Waals surface area contributed by atoms with Gasteiger partial charge in [-0.25, -0.2) is 0 Å². The van der Waals surface area contributed by atoms with Crippen molar-refractivity contribution < 1.29 is 15.3 Å². The van der Waals surface area contributed by atoms with Crippen molar-refractivity contribution in [3.63, 3.8) is 0 Å². The van der Waals surface area contributed by atoms with Gasteiger partial charge in [0, 0.05) is 12.5 Å². The second-order valence-corrected chi connectivity index (χ2v) is 6.29. The summed E-state index contributed by atoms with van der Waals surface area (Å²) in [6, 6.07) is 7.31. The Morgan fingerprint density at radius 3 is 2.09 bits per heavy atom. The van der Waals surface area contributed by atoms with Gasteiger partial charge in [-0.2, -0.15) is 0 Å². The monoisotopic (exact) mass is 325 g/mol. The third-order valence-electron chi connectivity index (χ3n) is 4.21. The van der Waals surface area contributed by atoms with Crippen molar-refractivity contribution in [2.24, 2.45) is 0 Å². The van der Waals surface area contributed by atoms with E-state index in [1.54, 1.807) is 12.1 Å². The SMILES string of the molecule is CN(C)CC(c1ccc(O)cc1)C1(O)CCCCC1.O=[N+]([O-])[O-]. The summed E-state index contributed by atoms with van der Waals surface area (Å²) in [6.07, 6.45) is 5.21. The second-order valence-electron chi connectivity index (χ2n) is 6.29. The molecule has 2 N–H and O–H groups in total. The van der Waals surface area contributed by atoms with Crippen LogP contribution >= 0.6 is 0 Å². The minimum Gasteiger partial charge on any atom is -0.508 e. The number of aromatic hydroxyl groups is 1. The quantitative estimate of drug-likeness (QED) is 0.650. The molecule has 2 rings (SSSR count). The molecule has 1 aromatic carbocycles. The molecule has 0 amide bonds. The average Bonchev–Trinajstić information content (AvgIpc) is 2.46. The Morgan fingerprint density at radius 2 is 1.65 bits per heavy atom. The van der Waals surface area contributed by atoms with Crippen molar-refractivity contribution in [2.45, 2.75) is 43.6 Å². The first-order chi connectivity index (χ1) is 10.7. The zero-order valence-corrected chi connectivity index (χ0v) is 13.6. The topological polar surface area (TPSA) is 110 Å². The summed E-state index contributed by atoms with van der Waals surface area (Å²) in [6.45, 7) is 0.835. The first-order valence-corrected chi connectivity index (χ1v) is 7.72. The van der Waals surface area contributed by atoms with E-state index in [2.05, 4.69) is 4.90 Å². The van der Waals surface area contributed by atoms with Crippen molar-refractivity contribution in [1.82, 2.24) is 4.90 Å². The summed E-state index contributed by atoms with van der Waals surface area (Å²) in [5, 5.41) is 35.2. The highest BCUT2D eigenvalue weighted by molar-refractivity contribution is 5.30. The Kier molecular flexibility index (Phi) is 7.25. The number of nitrogens with zero attached hydrogens (tertiary/aromatic N) is 2. The van der Waals surface area contributed by atoms with Crippen LogP contribution in [0.1, 0.15) is 43.6 Å². The Bertz CT molecular complexity index is 480. The summed E-state index contributed by atoms with van der Waals surface area (Å²) < 4.78 is 0. The summed E-state index contributed by atoms with van der Waals surface area (Å²) in [4.78, 5) is 10.4. The van der Waals surface area contributed by atoms with E-state index < -0.39 is 10.7 Å². The fraction of sp³-hybridized carbons (Fsp3) is 0.625. The number of likely N-dealkylation sites (N-methyl/N-ethyl adjacent to an activating group) is 1. The van der Waals surface area contributed by atoms with Crippen LogP contribution in [0.3, 0.4) is 0 Å². The van der Waals surface area contributed by atoms with E-state index in [0.717, 1.165) is 37.8 Å². The molecule has 0 aromatic heterocycles. The van der Waals surface area contributed by atoms with Gasteiger partial charge in [0.05, 0.1) is 10.7 Å². The van der Waals surface area contributed by atoms with Gasteiger partial charge in [-0.05, 0) is 44.6 Å². The average molecular weight is 325 g/mol. The summed E-state index contributed by atoms with van der Waals surface area (Å²) in [5.74, 6) is 0.395. The van der Waals surface area contributed by atoms with Crippen LogP contribution in [0.5, 0.6) is 5.75 Å². The first-order valence-electron chi connectivity index (χ1n) is 7.72. The van der Waals surface area contributed by atoms with Crippen molar-refractivity contribution in [3.05, 3.63) is 45.2 Å². The minimum atomic E-state index is -1.75. The number of aliphatic hydroxyl groups is 1. The van der Waals surface area contributed by atoms with Crippen LogP contribution in [0.4, 0.5) is 0 Å². The molecular weight excluding hydrogens is 300 g/mol. The maximum atomic E-state index is 11.0. The van der Waals surface area contributed by atoms with E-state index in [1.807, 2.05) is 26.2 Å². The zero-order chi connectivity index (χ0) is 17.5. The minimum absolute atomic E-state index is 0.114. The van der Waals surface area contributed by atoms with Crippen LogP contribution in [0, 0.1) is 15.3 Å². The molecule has 7 heteroatoms. The van der Waals surface area contributed by atoms with Crippen molar-refractivity contribution >= 4 is 0 Å². The number of phenolic OH excluding ortho intramolecular Hbond substituents is 1. The molecular formula is C16H25N2O5-. The van der Waals surface area contributed by atoms with E-state index >= 15 is 0 Å². The van der Waals surface area contributed by atoms with E-state index in [1.165, 1.54) is 6.42 Å². The van der Waals surface area contributed by atoms with Gasteiger partial charge in [0.2, 0.25) is 0 Å². The Morgan fingerprint density at radius 1 is 1.17 bits per heavy atom.